The van der Waals surface area contributed by atoms with Gasteiger partial charge in [-0.1, -0.05) is 19.6 Å². The van der Waals surface area contributed by atoms with E-state index in [0.717, 1.165) is 44.4 Å². The molecule has 2 aromatic heterocycles. The van der Waals surface area contributed by atoms with Crippen LogP contribution in [0.2, 0.25) is 0 Å². The van der Waals surface area contributed by atoms with Crippen molar-refractivity contribution in [1.82, 2.24) is 9.47 Å². The number of carbonyl (C=O) groups is 3. The van der Waals surface area contributed by atoms with E-state index in [1.165, 1.54) is 27.5 Å². The Labute approximate surface area is 235 Å². The molecule has 39 heavy (non-hydrogen) atoms. The van der Waals surface area contributed by atoms with Crippen LogP contribution in [0.3, 0.4) is 0 Å². The lowest BCUT2D eigenvalue weighted by molar-refractivity contribution is -0.155. The third kappa shape index (κ3) is 6.70. The van der Waals surface area contributed by atoms with Crippen LogP contribution < -0.4 is 4.90 Å². The summed E-state index contributed by atoms with van der Waals surface area (Å²) in [5.74, 6) is -0.432. The number of allylic oxidation sites excluding steroid dienone is 1. The first kappa shape index (κ1) is 30.4. The number of hydrogen-bond acceptors (Lipinski definition) is 7. The lowest BCUT2D eigenvalue weighted by Gasteiger charge is -2.38. The first-order chi connectivity index (χ1) is 18.5. The van der Waals surface area contributed by atoms with Gasteiger partial charge >= 0.3 is 5.97 Å². The van der Waals surface area contributed by atoms with Crippen molar-refractivity contribution in [2.24, 2.45) is 0 Å². The Morgan fingerprint density at radius 2 is 1.92 bits per heavy atom. The van der Waals surface area contributed by atoms with Crippen LogP contribution in [0.1, 0.15) is 90.0 Å². The maximum absolute atomic E-state index is 13.5. The van der Waals surface area contributed by atoms with E-state index in [-0.39, 0.29) is 12.5 Å². The zero-order chi connectivity index (χ0) is 28.9. The van der Waals surface area contributed by atoms with Crippen LogP contribution in [0.15, 0.2) is 24.5 Å². The number of aromatic nitrogens is 1. The number of methoxy groups -OCH3 is 1. The number of anilines is 1. The van der Waals surface area contributed by atoms with E-state index in [2.05, 4.69) is 41.0 Å². The van der Waals surface area contributed by atoms with Gasteiger partial charge < -0.3 is 18.9 Å². The first-order valence-corrected chi connectivity index (χ1v) is 14.2. The number of ether oxygens (including phenoxy) is 2. The summed E-state index contributed by atoms with van der Waals surface area (Å²) in [7, 11) is 1.68. The molecule has 0 fully saturated rings. The number of esters is 1. The van der Waals surface area contributed by atoms with Crippen LogP contribution in [0.25, 0.3) is 6.08 Å². The van der Waals surface area contributed by atoms with E-state index in [1.807, 2.05) is 11.8 Å². The van der Waals surface area contributed by atoms with Crippen LogP contribution in [-0.2, 0) is 33.8 Å². The highest BCUT2D eigenvalue weighted by Gasteiger charge is 2.39. The average molecular weight is 556 g/mol. The molecular formula is C30H41N3O5S. The number of amides is 1. The number of fused-ring (bicyclic) bond motifs is 2. The largest absolute Gasteiger partial charge is 0.459 e. The molecule has 0 bridgehead atoms. The summed E-state index contributed by atoms with van der Waals surface area (Å²) in [5.41, 5.74) is 4.07. The molecule has 1 amide bonds. The molecule has 0 spiro atoms. The Morgan fingerprint density at radius 3 is 2.51 bits per heavy atom. The molecule has 8 nitrogen and oxygen atoms in total. The van der Waals surface area contributed by atoms with E-state index in [4.69, 9.17) is 4.74 Å². The number of thiophene rings is 1. The molecule has 1 aliphatic heterocycles. The number of carbonyl (C=O) groups excluding carboxylic acids is 3. The highest BCUT2D eigenvalue weighted by molar-refractivity contribution is 7.18. The topological polar surface area (TPSA) is 81.1 Å². The minimum Gasteiger partial charge on any atom is -0.459 e. The van der Waals surface area contributed by atoms with E-state index in [9.17, 15) is 14.4 Å². The van der Waals surface area contributed by atoms with Crippen molar-refractivity contribution in [2.45, 2.75) is 79.5 Å². The predicted octanol–water partition coefficient (Wildman–Crippen LogP) is 5.97. The highest BCUT2D eigenvalue weighted by atomic mass is 32.1. The molecule has 4 rings (SSSR count). The van der Waals surface area contributed by atoms with Gasteiger partial charge in [-0.2, -0.15) is 0 Å². The van der Waals surface area contributed by atoms with Gasteiger partial charge in [-0.15, -0.1) is 11.3 Å². The van der Waals surface area contributed by atoms with Crippen molar-refractivity contribution >= 4 is 40.6 Å². The van der Waals surface area contributed by atoms with Crippen LogP contribution in [0, 0.1) is 6.92 Å². The maximum Gasteiger partial charge on any atom is 0.326 e. The van der Waals surface area contributed by atoms with Crippen molar-refractivity contribution in [1.29, 1.82) is 0 Å². The fraction of sp³-hybridized carbons (Fsp3) is 0.500. The van der Waals surface area contributed by atoms with Crippen molar-refractivity contribution < 1.29 is 23.9 Å². The monoisotopic (exact) mass is 555 g/mol. The van der Waals surface area contributed by atoms with Crippen molar-refractivity contribution in [3.05, 3.63) is 57.5 Å². The van der Waals surface area contributed by atoms with Gasteiger partial charge in [-0.3, -0.25) is 19.3 Å². The third-order valence-electron chi connectivity index (χ3n) is 6.53. The second kappa shape index (κ2) is 12.8. The fourth-order valence-corrected chi connectivity index (χ4v) is 5.84. The molecule has 212 valence electrons. The first-order valence-electron chi connectivity index (χ1n) is 13.4. The SMILES string of the molecule is C=C1N(CC(=O)OC(C)(C)C)C(=O)c2c(sc(C=O)c2C)N1Cc1cc2c(n1CCC)C=CCC2.CCOC. The van der Waals surface area contributed by atoms with Gasteiger partial charge in [0.25, 0.3) is 5.91 Å². The lowest BCUT2D eigenvalue weighted by Crippen LogP contribution is -2.46. The summed E-state index contributed by atoms with van der Waals surface area (Å²) in [4.78, 5) is 41.8. The summed E-state index contributed by atoms with van der Waals surface area (Å²) < 4.78 is 12.4. The number of nitrogens with zero attached hydrogens (tertiary/aromatic N) is 3. The molecule has 0 atom stereocenters. The zero-order valence-electron chi connectivity index (χ0n) is 24.3. The molecule has 0 N–H and O–H groups in total. The Kier molecular flexibility index (Phi) is 9.96. The molecule has 0 radical (unpaired) electrons. The molecular weight excluding hydrogens is 514 g/mol. The highest BCUT2D eigenvalue weighted by Crippen LogP contribution is 2.43. The Morgan fingerprint density at radius 1 is 1.23 bits per heavy atom. The minimum atomic E-state index is -0.668. The molecule has 2 aromatic rings. The molecule has 1 aliphatic carbocycles. The van der Waals surface area contributed by atoms with Gasteiger partial charge in [0.15, 0.2) is 6.29 Å². The van der Waals surface area contributed by atoms with Gasteiger partial charge in [0.05, 0.1) is 17.0 Å². The van der Waals surface area contributed by atoms with Gasteiger partial charge in [-0.25, -0.2) is 0 Å². The molecule has 0 aromatic carbocycles. The van der Waals surface area contributed by atoms with Gasteiger partial charge in [0.2, 0.25) is 0 Å². The standard InChI is InChI=1S/C27H33N3O4S.C3H8O/c1-7-12-28-20(13-19-10-8-9-11-21(19)28)14-30-18(3)29(15-23(32)34-27(4,5)6)25(33)24-17(2)22(16-31)35-26(24)30;1-3-4-2/h9,11,13,16H,3,7-8,10,12,14-15H2,1-2,4-6H3;3H2,1-2H3. The molecule has 0 saturated heterocycles. The van der Waals surface area contributed by atoms with Crippen LogP contribution in [0.5, 0.6) is 0 Å². The van der Waals surface area contributed by atoms with Crippen LogP contribution >= 0.6 is 11.3 Å². The third-order valence-corrected chi connectivity index (χ3v) is 7.77. The second-order valence-electron chi connectivity index (χ2n) is 10.6. The Balaban J connectivity index is 0.000000983. The summed E-state index contributed by atoms with van der Waals surface area (Å²) in [6.45, 7) is 17.4. The van der Waals surface area contributed by atoms with E-state index >= 15 is 0 Å². The zero-order valence-corrected chi connectivity index (χ0v) is 25.1. The van der Waals surface area contributed by atoms with E-state index in [0.29, 0.717) is 33.4 Å². The van der Waals surface area contributed by atoms with Crippen molar-refractivity contribution in [3.8, 4) is 0 Å². The van der Waals surface area contributed by atoms with Gasteiger partial charge in [0.1, 0.15) is 23.0 Å². The molecule has 2 aliphatic rings. The summed E-state index contributed by atoms with van der Waals surface area (Å²) >= 11 is 1.29. The predicted molar refractivity (Wildman–Crippen MR) is 156 cm³/mol. The van der Waals surface area contributed by atoms with E-state index < -0.39 is 11.6 Å². The molecule has 0 unspecified atom stereocenters. The smallest absolute Gasteiger partial charge is 0.326 e. The van der Waals surface area contributed by atoms with Crippen LogP contribution in [0.4, 0.5) is 5.00 Å². The van der Waals surface area contributed by atoms with Crippen molar-refractivity contribution in [2.75, 3.05) is 25.2 Å². The summed E-state index contributed by atoms with van der Waals surface area (Å²) in [5, 5.41) is 0.692. The number of aldehydes is 1. The number of rotatable bonds is 8. The summed E-state index contributed by atoms with van der Waals surface area (Å²) in [6, 6.07) is 2.23. The van der Waals surface area contributed by atoms with Gasteiger partial charge in [-0.05, 0) is 77.2 Å². The molecule has 9 heteroatoms. The Bertz CT molecular complexity index is 1260. The minimum absolute atomic E-state index is 0.244. The fourth-order valence-electron chi connectivity index (χ4n) is 4.71. The molecule has 3 heterocycles. The number of hydrogen-bond donors (Lipinski definition) is 0. The Hall–Kier alpha value is -3.17. The van der Waals surface area contributed by atoms with Crippen molar-refractivity contribution in [3.63, 3.8) is 0 Å². The molecule has 0 saturated carbocycles. The maximum atomic E-state index is 13.5. The average Bonchev–Trinajstić information content (AvgIpc) is 3.40. The normalized spacial score (nSPS) is 14.5. The number of aryl methyl sites for hydroxylation is 1. The summed E-state index contributed by atoms with van der Waals surface area (Å²) in [6.07, 6.45) is 8.19. The second-order valence-corrected chi connectivity index (χ2v) is 11.6. The van der Waals surface area contributed by atoms with Crippen LogP contribution in [-0.4, -0.2) is 53.5 Å². The quantitative estimate of drug-likeness (QED) is 0.295. The van der Waals surface area contributed by atoms with Gasteiger partial charge in [0, 0.05) is 31.6 Å². The van der Waals surface area contributed by atoms with E-state index in [1.54, 1.807) is 34.8 Å². The lowest BCUT2D eigenvalue weighted by atomic mass is 10.0.